The summed E-state index contributed by atoms with van der Waals surface area (Å²) in [6.07, 6.45) is 3.34. The highest BCUT2D eigenvalue weighted by Crippen LogP contribution is 2.30. The third-order valence-electron chi connectivity index (χ3n) is 5.70. The summed E-state index contributed by atoms with van der Waals surface area (Å²) in [5, 5.41) is 2.24. The van der Waals surface area contributed by atoms with Crippen LogP contribution in [0.2, 0.25) is 0 Å². The largest absolute Gasteiger partial charge is 0.493 e. The zero-order valence-electron chi connectivity index (χ0n) is 20.7. The van der Waals surface area contributed by atoms with Gasteiger partial charge in [0.2, 0.25) is 0 Å². The first kappa shape index (κ1) is 25.5. The molecule has 190 valence electrons. The van der Waals surface area contributed by atoms with E-state index in [9.17, 15) is 14.4 Å². The number of benzene rings is 3. The van der Waals surface area contributed by atoms with Crippen LogP contribution < -0.4 is 24.4 Å². The Balaban J connectivity index is 1.52. The molecule has 8 heteroatoms. The number of anilines is 1. The van der Waals surface area contributed by atoms with E-state index in [0.29, 0.717) is 41.7 Å². The van der Waals surface area contributed by atoms with Gasteiger partial charge >= 0.3 is 6.03 Å². The zero-order chi connectivity index (χ0) is 26.2. The summed E-state index contributed by atoms with van der Waals surface area (Å²) in [6, 6.07) is 20.5. The van der Waals surface area contributed by atoms with Crippen LogP contribution in [0.1, 0.15) is 30.9 Å². The molecule has 3 aromatic rings. The van der Waals surface area contributed by atoms with Gasteiger partial charge in [0.05, 0.1) is 19.4 Å². The highest BCUT2D eigenvalue weighted by atomic mass is 16.5. The number of methoxy groups -OCH3 is 1. The Morgan fingerprint density at radius 1 is 0.892 bits per heavy atom. The molecule has 1 aliphatic heterocycles. The van der Waals surface area contributed by atoms with Gasteiger partial charge in [-0.3, -0.25) is 14.9 Å². The van der Waals surface area contributed by atoms with Gasteiger partial charge in [-0.1, -0.05) is 49.7 Å². The number of carbonyl (C=O) groups excluding carboxylic acids is 3. The molecule has 0 unspecified atom stereocenters. The predicted molar refractivity (Wildman–Crippen MR) is 140 cm³/mol. The number of hydrogen-bond acceptors (Lipinski definition) is 6. The van der Waals surface area contributed by atoms with E-state index in [1.54, 1.807) is 42.5 Å². The lowest BCUT2D eigenvalue weighted by Gasteiger charge is -2.26. The van der Waals surface area contributed by atoms with Gasteiger partial charge in [0, 0.05) is 0 Å². The van der Waals surface area contributed by atoms with E-state index in [1.165, 1.54) is 13.2 Å². The average Bonchev–Trinajstić information content (AvgIpc) is 2.91. The van der Waals surface area contributed by atoms with Crippen LogP contribution in [-0.4, -0.2) is 31.6 Å². The number of rotatable bonds is 10. The number of nitrogens with zero attached hydrogens (tertiary/aromatic N) is 1. The van der Waals surface area contributed by atoms with Crippen LogP contribution in [0.3, 0.4) is 0 Å². The maximum absolute atomic E-state index is 13.2. The van der Waals surface area contributed by atoms with Crippen LogP contribution in [0.5, 0.6) is 17.2 Å². The van der Waals surface area contributed by atoms with E-state index in [0.717, 1.165) is 23.3 Å². The maximum Gasteiger partial charge on any atom is 0.335 e. The number of nitrogens with one attached hydrogen (secondary N) is 1. The van der Waals surface area contributed by atoms with Gasteiger partial charge in [0.25, 0.3) is 11.8 Å². The summed E-state index contributed by atoms with van der Waals surface area (Å²) in [5.74, 6) is 0.139. The summed E-state index contributed by atoms with van der Waals surface area (Å²) >= 11 is 0. The summed E-state index contributed by atoms with van der Waals surface area (Å²) in [4.78, 5) is 39.3. The number of imide groups is 2. The summed E-state index contributed by atoms with van der Waals surface area (Å²) < 4.78 is 16.9. The highest BCUT2D eigenvalue weighted by Gasteiger charge is 2.36. The van der Waals surface area contributed by atoms with E-state index >= 15 is 0 Å². The molecule has 0 radical (unpaired) electrons. The second kappa shape index (κ2) is 11.9. The van der Waals surface area contributed by atoms with Crippen molar-refractivity contribution in [1.82, 2.24) is 5.32 Å². The van der Waals surface area contributed by atoms with Crippen molar-refractivity contribution in [1.29, 1.82) is 0 Å². The zero-order valence-corrected chi connectivity index (χ0v) is 20.7. The number of carbonyl (C=O) groups is 3. The van der Waals surface area contributed by atoms with Gasteiger partial charge < -0.3 is 14.2 Å². The van der Waals surface area contributed by atoms with Gasteiger partial charge in [-0.25, -0.2) is 9.69 Å². The van der Waals surface area contributed by atoms with Crippen molar-refractivity contribution in [3.63, 3.8) is 0 Å². The molecule has 0 atom stereocenters. The van der Waals surface area contributed by atoms with Crippen LogP contribution in [0.15, 0.2) is 78.4 Å². The number of amides is 4. The second-order valence-electron chi connectivity index (χ2n) is 8.34. The van der Waals surface area contributed by atoms with Crippen molar-refractivity contribution in [3.8, 4) is 17.2 Å². The number of unbranched alkanes of at least 4 members (excludes halogenated alkanes) is 1. The van der Waals surface area contributed by atoms with Crippen molar-refractivity contribution in [3.05, 3.63) is 89.5 Å². The highest BCUT2D eigenvalue weighted by molar-refractivity contribution is 6.39. The fraction of sp³-hybridized carbons (Fsp3) is 0.207. The smallest absolute Gasteiger partial charge is 0.335 e. The van der Waals surface area contributed by atoms with Gasteiger partial charge in [0.15, 0.2) is 11.5 Å². The van der Waals surface area contributed by atoms with E-state index in [2.05, 4.69) is 12.2 Å². The van der Waals surface area contributed by atoms with E-state index < -0.39 is 17.8 Å². The first-order valence-corrected chi connectivity index (χ1v) is 12.0. The van der Waals surface area contributed by atoms with Crippen molar-refractivity contribution in [2.45, 2.75) is 26.4 Å². The van der Waals surface area contributed by atoms with Crippen LogP contribution in [0.25, 0.3) is 6.08 Å². The third-order valence-corrected chi connectivity index (χ3v) is 5.70. The van der Waals surface area contributed by atoms with E-state index in [-0.39, 0.29) is 5.57 Å². The van der Waals surface area contributed by atoms with Gasteiger partial charge in [0.1, 0.15) is 17.9 Å². The number of barbiturate groups is 1. The molecular formula is C29H28N2O6. The van der Waals surface area contributed by atoms with Crippen LogP contribution >= 0.6 is 0 Å². The minimum Gasteiger partial charge on any atom is -0.493 e. The van der Waals surface area contributed by atoms with Crippen molar-refractivity contribution < 1.29 is 28.6 Å². The van der Waals surface area contributed by atoms with Gasteiger partial charge in [-0.2, -0.15) is 0 Å². The van der Waals surface area contributed by atoms with Crippen molar-refractivity contribution in [2.24, 2.45) is 0 Å². The molecule has 0 aromatic heterocycles. The predicted octanol–water partition coefficient (Wildman–Crippen LogP) is 5.12. The fourth-order valence-electron chi connectivity index (χ4n) is 3.71. The van der Waals surface area contributed by atoms with E-state index in [1.807, 2.05) is 30.3 Å². The molecule has 0 spiro atoms. The monoisotopic (exact) mass is 500 g/mol. The Morgan fingerprint density at radius 2 is 1.65 bits per heavy atom. The van der Waals surface area contributed by atoms with Crippen molar-refractivity contribution in [2.75, 3.05) is 18.6 Å². The topological polar surface area (TPSA) is 94.2 Å². The van der Waals surface area contributed by atoms with Gasteiger partial charge in [-0.15, -0.1) is 0 Å². The normalized spacial score (nSPS) is 14.5. The fourth-order valence-corrected chi connectivity index (χ4v) is 3.71. The standard InChI is InChI=1S/C29H28N2O6/c1-3-4-16-36-25-15-10-21(18-26(25)35-2)17-24-27(32)30-29(34)31(28(24)33)22-11-13-23(14-12-22)37-19-20-8-6-5-7-9-20/h5-15,17-18H,3-4,16,19H2,1-2H3,(H,30,32,34)/b24-17-. The Labute approximate surface area is 215 Å². The van der Waals surface area contributed by atoms with Gasteiger partial charge in [-0.05, 0) is 60.0 Å². The molecule has 37 heavy (non-hydrogen) atoms. The lowest BCUT2D eigenvalue weighted by Crippen LogP contribution is -2.54. The lowest BCUT2D eigenvalue weighted by molar-refractivity contribution is -0.122. The number of ether oxygens (including phenoxy) is 3. The number of urea groups is 1. The summed E-state index contributed by atoms with van der Waals surface area (Å²) in [7, 11) is 1.52. The van der Waals surface area contributed by atoms with Crippen LogP contribution in [-0.2, 0) is 16.2 Å². The summed E-state index contributed by atoms with van der Waals surface area (Å²) in [5.41, 5.74) is 1.70. The molecule has 4 amide bonds. The molecule has 1 heterocycles. The third kappa shape index (κ3) is 6.16. The maximum atomic E-state index is 13.2. The quantitative estimate of drug-likeness (QED) is 0.236. The molecule has 1 N–H and O–H groups in total. The average molecular weight is 501 g/mol. The first-order valence-electron chi connectivity index (χ1n) is 12.0. The van der Waals surface area contributed by atoms with Crippen molar-refractivity contribution >= 4 is 29.6 Å². The first-order chi connectivity index (χ1) is 18.0. The molecule has 4 rings (SSSR count). The molecule has 1 aliphatic rings. The molecule has 0 saturated carbocycles. The minimum absolute atomic E-state index is 0.175. The Kier molecular flexibility index (Phi) is 8.20. The second-order valence-corrected chi connectivity index (χ2v) is 8.34. The Hall–Kier alpha value is -4.59. The molecular weight excluding hydrogens is 472 g/mol. The SMILES string of the molecule is CCCCOc1ccc(/C=C2/C(=O)NC(=O)N(c3ccc(OCc4ccccc4)cc3)C2=O)cc1OC. The molecule has 1 saturated heterocycles. The summed E-state index contributed by atoms with van der Waals surface area (Å²) in [6.45, 7) is 3.02. The number of hydrogen-bond donors (Lipinski definition) is 1. The minimum atomic E-state index is -0.817. The van der Waals surface area contributed by atoms with E-state index in [4.69, 9.17) is 14.2 Å². The lowest BCUT2D eigenvalue weighted by atomic mass is 10.1. The molecule has 1 fully saturated rings. The molecule has 3 aromatic carbocycles. The molecule has 0 aliphatic carbocycles. The van der Waals surface area contributed by atoms with Crippen LogP contribution in [0.4, 0.5) is 10.5 Å². The molecule has 8 nitrogen and oxygen atoms in total. The molecule has 0 bridgehead atoms. The Bertz CT molecular complexity index is 1300. The van der Waals surface area contributed by atoms with Crippen LogP contribution in [0, 0.1) is 0 Å². The Morgan fingerprint density at radius 3 is 2.35 bits per heavy atom.